The van der Waals surface area contributed by atoms with E-state index < -0.39 is 12.7 Å². The van der Waals surface area contributed by atoms with Gasteiger partial charge >= 0.3 is 6.18 Å². The van der Waals surface area contributed by atoms with E-state index in [9.17, 15) is 18.0 Å². The molecule has 0 unspecified atom stereocenters. The zero-order chi connectivity index (χ0) is 19.4. The summed E-state index contributed by atoms with van der Waals surface area (Å²) in [6, 6.07) is 10.6. The summed E-state index contributed by atoms with van der Waals surface area (Å²) < 4.78 is 37.9. The monoisotopic (exact) mass is 375 g/mol. The molecule has 0 aliphatic carbocycles. The van der Waals surface area contributed by atoms with E-state index in [-0.39, 0.29) is 11.5 Å². The summed E-state index contributed by atoms with van der Waals surface area (Å²) in [6.07, 6.45) is -1.64. The van der Waals surface area contributed by atoms with Crippen LogP contribution in [0.15, 0.2) is 53.6 Å². The van der Waals surface area contributed by atoms with Crippen molar-refractivity contribution in [2.24, 2.45) is 0 Å². The van der Waals surface area contributed by atoms with Crippen LogP contribution in [0.2, 0.25) is 0 Å². The van der Waals surface area contributed by atoms with Gasteiger partial charge in [0.15, 0.2) is 0 Å². The zero-order valence-electron chi connectivity index (χ0n) is 14.4. The quantitative estimate of drug-likeness (QED) is 0.742. The number of halogens is 3. The number of nitrogens with one attached hydrogen (secondary N) is 1. The van der Waals surface area contributed by atoms with Gasteiger partial charge < -0.3 is 5.32 Å². The largest absolute Gasteiger partial charge is 0.405 e. The Morgan fingerprint density at radius 3 is 2.33 bits per heavy atom. The fraction of sp³-hybridized carbons (Fsp3) is 0.222. The number of anilines is 1. The molecule has 0 saturated carbocycles. The number of rotatable bonds is 5. The summed E-state index contributed by atoms with van der Waals surface area (Å²) in [7, 11) is 0. The Hall–Kier alpha value is -3.23. The highest BCUT2D eigenvalue weighted by Crippen LogP contribution is 2.17. The zero-order valence-corrected chi connectivity index (χ0v) is 14.4. The topological polar surface area (TPSA) is 72.7 Å². The van der Waals surface area contributed by atoms with Crippen LogP contribution in [-0.4, -0.2) is 32.5 Å². The van der Waals surface area contributed by atoms with Crippen LogP contribution in [0.4, 0.5) is 19.1 Å². The number of hydrogen-bond acceptors (Lipinski definition) is 5. The van der Waals surface area contributed by atoms with Gasteiger partial charge in [-0.3, -0.25) is 4.79 Å². The molecule has 0 aliphatic heterocycles. The Morgan fingerprint density at radius 2 is 1.70 bits per heavy atom. The lowest BCUT2D eigenvalue weighted by Crippen LogP contribution is -2.23. The molecular formula is C18H16F3N5O. The Kier molecular flexibility index (Phi) is 5.20. The maximum atomic E-state index is 12.2. The molecule has 6 nitrogen and oxygen atoms in total. The summed E-state index contributed by atoms with van der Waals surface area (Å²) in [6.45, 7) is 1.06. The SMILES string of the molecule is Cc1ccc(Cn2nc(-c3cnc(NCC(F)(F)F)nc3)ccc2=O)cc1. The number of aromatic nitrogens is 4. The molecule has 27 heavy (non-hydrogen) atoms. The van der Waals surface area contributed by atoms with Crippen LogP contribution < -0.4 is 10.9 Å². The molecule has 9 heteroatoms. The first-order valence-corrected chi connectivity index (χ1v) is 8.07. The predicted octanol–water partition coefficient (Wildman–Crippen LogP) is 3.03. The van der Waals surface area contributed by atoms with Crippen molar-refractivity contribution >= 4 is 5.95 Å². The second-order valence-electron chi connectivity index (χ2n) is 5.96. The normalized spacial score (nSPS) is 11.4. The second kappa shape index (κ2) is 7.56. The Balaban J connectivity index is 1.79. The third-order valence-corrected chi connectivity index (χ3v) is 3.71. The minimum absolute atomic E-state index is 0.135. The predicted molar refractivity (Wildman–Crippen MR) is 94.3 cm³/mol. The van der Waals surface area contributed by atoms with E-state index in [1.807, 2.05) is 31.2 Å². The minimum atomic E-state index is -4.35. The van der Waals surface area contributed by atoms with Gasteiger partial charge in [-0.1, -0.05) is 29.8 Å². The average molecular weight is 375 g/mol. The van der Waals surface area contributed by atoms with Gasteiger partial charge in [-0.05, 0) is 18.6 Å². The minimum Gasteiger partial charge on any atom is -0.345 e. The van der Waals surface area contributed by atoms with Gasteiger partial charge in [0, 0.05) is 24.0 Å². The molecule has 0 aliphatic rings. The molecule has 0 spiro atoms. The van der Waals surface area contributed by atoms with Crippen molar-refractivity contribution in [1.82, 2.24) is 19.7 Å². The van der Waals surface area contributed by atoms with Gasteiger partial charge in [0.25, 0.3) is 5.56 Å². The van der Waals surface area contributed by atoms with Crippen LogP contribution in [-0.2, 0) is 6.54 Å². The number of alkyl halides is 3. The maximum Gasteiger partial charge on any atom is 0.405 e. The molecule has 3 rings (SSSR count). The highest BCUT2D eigenvalue weighted by Gasteiger charge is 2.27. The molecule has 0 saturated heterocycles. The van der Waals surface area contributed by atoms with Crippen LogP contribution in [0.1, 0.15) is 11.1 Å². The van der Waals surface area contributed by atoms with Gasteiger partial charge in [-0.2, -0.15) is 18.3 Å². The standard InChI is InChI=1S/C18H16F3N5O/c1-12-2-4-13(5-3-12)10-26-16(27)7-6-15(25-26)14-8-22-17(23-9-14)24-11-18(19,20)21/h2-9H,10-11H2,1H3,(H,22,23,24). The van der Waals surface area contributed by atoms with Crippen molar-refractivity contribution in [3.63, 3.8) is 0 Å². The second-order valence-corrected chi connectivity index (χ2v) is 5.96. The first-order chi connectivity index (χ1) is 12.8. The lowest BCUT2D eigenvalue weighted by atomic mass is 10.1. The van der Waals surface area contributed by atoms with Crippen LogP contribution in [0, 0.1) is 6.92 Å². The van der Waals surface area contributed by atoms with Gasteiger partial charge in [0.05, 0.1) is 12.2 Å². The Labute approximate surface area is 152 Å². The molecular weight excluding hydrogens is 359 g/mol. The summed E-state index contributed by atoms with van der Waals surface area (Å²) in [4.78, 5) is 19.8. The highest BCUT2D eigenvalue weighted by molar-refractivity contribution is 5.56. The molecule has 0 radical (unpaired) electrons. The maximum absolute atomic E-state index is 12.2. The van der Waals surface area contributed by atoms with Crippen LogP contribution >= 0.6 is 0 Å². The van der Waals surface area contributed by atoms with Crippen molar-refractivity contribution in [3.05, 3.63) is 70.3 Å². The Morgan fingerprint density at radius 1 is 1.04 bits per heavy atom. The fourth-order valence-electron chi connectivity index (χ4n) is 2.31. The smallest absolute Gasteiger partial charge is 0.345 e. The number of benzene rings is 1. The van der Waals surface area contributed by atoms with E-state index in [4.69, 9.17) is 0 Å². The van der Waals surface area contributed by atoms with E-state index in [0.717, 1.165) is 11.1 Å². The molecule has 0 amide bonds. The first-order valence-electron chi connectivity index (χ1n) is 8.07. The molecule has 0 bridgehead atoms. The van der Waals surface area contributed by atoms with Crippen molar-refractivity contribution in [1.29, 1.82) is 0 Å². The molecule has 0 fully saturated rings. The van der Waals surface area contributed by atoms with Gasteiger partial charge in [-0.25, -0.2) is 14.6 Å². The third-order valence-electron chi connectivity index (χ3n) is 3.71. The molecule has 3 aromatic rings. The fourth-order valence-corrected chi connectivity index (χ4v) is 2.31. The number of aryl methyl sites for hydroxylation is 1. The average Bonchev–Trinajstić information content (AvgIpc) is 2.63. The Bertz CT molecular complexity index is 966. The van der Waals surface area contributed by atoms with Crippen molar-refractivity contribution in [2.75, 3.05) is 11.9 Å². The molecule has 2 heterocycles. The van der Waals surface area contributed by atoms with Gasteiger partial charge in [-0.15, -0.1) is 0 Å². The molecule has 2 aromatic heterocycles. The molecule has 1 aromatic carbocycles. The summed E-state index contributed by atoms with van der Waals surface area (Å²) >= 11 is 0. The third kappa shape index (κ3) is 5.13. The number of hydrogen-bond donors (Lipinski definition) is 1. The van der Waals surface area contributed by atoms with E-state index in [0.29, 0.717) is 17.8 Å². The summed E-state index contributed by atoms with van der Waals surface area (Å²) in [5, 5.41) is 6.40. The highest BCUT2D eigenvalue weighted by atomic mass is 19.4. The number of nitrogens with zero attached hydrogens (tertiary/aromatic N) is 4. The molecule has 140 valence electrons. The summed E-state index contributed by atoms with van der Waals surface area (Å²) in [5.41, 5.74) is 2.72. The molecule has 1 N–H and O–H groups in total. The van der Waals surface area contributed by atoms with Crippen LogP contribution in [0.25, 0.3) is 11.3 Å². The van der Waals surface area contributed by atoms with E-state index in [1.165, 1.54) is 29.2 Å². The van der Waals surface area contributed by atoms with Crippen molar-refractivity contribution in [2.45, 2.75) is 19.6 Å². The van der Waals surface area contributed by atoms with Crippen LogP contribution in [0.3, 0.4) is 0 Å². The van der Waals surface area contributed by atoms with E-state index >= 15 is 0 Å². The van der Waals surface area contributed by atoms with E-state index in [1.54, 1.807) is 0 Å². The van der Waals surface area contributed by atoms with Crippen molar-refractivity contribution < 1.29 is 13.2 Å². The van der Waals surface area contributed by atoms with E-state index in [2.05, 4.69) is 20.4 Å². The van der Waals surface area contributed by atoms with Gasteiger partial charge in [0.2, 0.25) is 5.95 Å². The van der Waals surface area contributed by atoms with Crippen molar-refractivity contribution in [3.8, 4) is 11.3 Å². The summed E-state index contributed by atoms with van der Waals surface area (Å²) in [5.74, 6) is -0.135. The van der Waals surface area contributed by atoms with Gasteiger partial charge in [0.1, 0.15) is 6.54 Å². The first kappa shape index (κ1) is 18.6. The van der Waals surface area contributed by atoms with Crippen LogP contribution in [0.5, 0.6) is 0 Å². The molecule has 0 atom stereocenters. The lowest BCUT2D eigenvalue weighted by Gasteiger charge is -2.09. The lowest BCUT2D eigenvalue weighted by molar-refractivity contribution is -0.115.